The lowest BCUT2D eigenvalue weighted by atomic mass is 9.98. The summed E-state index contributed by atoms with van der Waals surface area (Å²) in [6.45, 7) is 0. The zero-order valence-electron chi connectivity index (χ0n) is 15.1. The van der Waals surface area contributed by atoms with Gasteiger partial charge in [-0.25, -0.2) is 8.78 Å². The fourth-order valence-corrected chi connectivity index (χ4v) is 2.92. The van der Waals surface area contributed by atoms with Gasteiger partial charge in [-0.15, -0.1) is 0 Å². The van der Waals surface area contributed by atoms with Crippen LogP contribution >= 0.6 is 11.6 Å². The molecule has 0 saturated heterocycles. The molecule has 3 nitrogen and oxygen atoms in total. The minimum Gasteiger partial charge on any atom is -0.321 e. The van der Waals surface area contributed by atoms with Crippen molar-refractivity contribution in [1.82, 2.24) is 0 Å². The molecule has 0 unspecified atom stereocenters. The van der Waals surface area contributed by atoms with Gasteiger partial charge in [0, 0.05) is 17.1 Å². The molecule has 0 atom stereocenters. The Morgan fingerprint density at radius 3 is 2.45 bits per heavy atom. The third-order valence-electron chi connectivity index (χ3n) is 4.21. The minimum atomic E-state index is -0.643. The highest BCUT2D eigenvalue weighted by Crippen LogP contribution is 2.23. The van der Waals surface area contributed by atoms with Crippen molar-refractivity contribution in [3.05, 3.63) is 106 Å². The molecule has 1 N–H and O–H groups in total. The quantitative estimate of drug-likeness (QED) is 0.431. The number of nitrogens with one attached hydrogen (secondary N) is 1. The maximum absolute atomic E-state index is 14.0. The van der Waals surface area contributed by atoms with E-state index in [0.717, 1.165) is 0 Å². The van der Waals surface area contributed by atoms with E-state index >= 15 is 0 Å². The molecule has 0 saturated carbocycles. The summed E-state index contributed by atoms with van der Waals surface area (Å²) in [7, 11) is 0. The van der Waals surface area contributed by atoms with Gasteiger partial charge < -0.3 is 5.32 Å². The SMILES string of the molecule is N#C/C(=C\c1cc(Cl)ccc1Cc1ccccc1F)C(=O)Nc1ccc(F)cc1. The molecule has 6 heteroatoms. The van der Waals surface area contributed by atoms with Crippen LogP contribution in [0, 0.1) is 23.0 Å². The topological polar surface area (TPSA) is 52.9 Å². The van der Waals surface area contributed by atoms with E-state index in [1.54, 1.807) is 36.4 Å². The average molecular weight is 409 g/mol. The highest BCUT2D eigenvalue weighted by Gasteiger charge is 2.13. The van der Waals surface area contributed by atoms with Crippen molar-refractivity contribution in [1.29, 1.82) is 5.26 Å². The van der Waals surface area contributed by atoms with Gasteiger partial charge in [0.1, 0.15) is 23.3 Å². The fourth-order valence-electron chi connectivity index (χ4n) is 2.74. The van der Waals surface area contributed by atoms with Crippen LogP contribution < -0.4 is 5.32 Å². The van der Waals surface area contributed by atoms with Crippen LogP contribution in [0.5, 0.6) is 0 Å². The third kappa shape index (κ3) is 5.28. The van der Waals surface area contributed by atoms with Gasteiger partial charge in [-0.3, -0.25) is 4.79 Å². The summed E-state index contributed by atoms with van der Waals surface area (Å²) in [6, 6.07) is 18.4. The second kappa shape index (κ2) is 9.13. The number of carbonyl (C=O) groups excluding carboxylic acids is 1. The van der Waals surface area contributed by atoms with Crippen molar-refractivity contribution >= 4 is 29.3 Å². The van der Waals surface area contributed by atoms with Crippen LogP contribution in [0.25, 0.3) is 6.08 Å². The number of hydrogen-bond acceptors (Lipinski definition) is 2. The van der Waals surface area contributed by atoms with Crippen LogP contribution in [0.4, 0.5) is 14.5 Å². The minimum absolute atomic E-state index is 0.161. The number of carbonyl (C=O) groups is 1. The number of nitriles is 1. The van der Waals surface area contributed by atoms with Crippen molar-refractivity contribution in [2.45, 2.75) is 6.42 Å². The predicted octanol–water partition coefficient (Wildman–Crippen LogP) is 5.75. The normalized spacial score (nSPS) is 11.0. The van der Waals surface area contributed by atoms with E-state index in [2.05, 4.69) is 5.32 Å². The zero-order valence-corrected chi connectivity index (χ0v) is 15.9. The first kappa shape index (κ1) is 20.2. The van der Waals surface area contributed by atoms with E-state index in [4.69, 9.17) is 11.6 Å². The third-order valence-corrected chi connectivity index (χ3v) is 4.45. The number of benzene rings is 3. The Hall–Kier alpha value is -3.49. The number of amides is 1. The lowest BCUT2D eigenvalue weighted by Gasteiger charge is -2.09. The molecule has 0 aliphatic carbocycles. The average Bonchev–Trinajstić information content (AvgIpc) is 2.71. The lowest BCUT2D eigenvalue weighted by molar-refractivity contribution is -0.112. The second-order valence-corrected chi connectivity index (χ2v) is 6.68. The number of anilines is 1. The molecular weight excluding hydrogens is 394 g/mol. The maximum Gasteiger partial charge on any atom is 0.266 e. The van der Waals surface area contributed by atoms with E-state index in [9.17, 15) is 18.8 Å². The molecule has 0 radical (unpaired) electrons. The molecular formula is C23H15ClF2N2O. The van der Waals surface area contributed by atoms with Gasteiger partial charge in [0.05, 0.1) is 0 Å². The molecule has 0 heterocycles. The fraction of sp³-hybridized carbons (Fsp3) is 0.0435. The van der Waals surface area contributed by atoms with E-state index in [0.29, 0.717) is 27.4 Å². The second-order valence-electron chi connectivity index (χ2n) is 6.24. The van der Waals surface area contributed by atoms with Crippen molar-refractivity contribution in [3.63, 3.8) is 0 Å². The first-order valence-corrected chi connectivity index (χ1v) is 9.04. The van der Waals surface area contributed by atoms with Crippen molar-refractivity contribution in [2.24, 2.45) is 0 Å². The van der Waals surface area contributed by atoms with Crippen LogP contribution in [0.2, 0.25) is 5.02 Å². The van der Waals surface area contributed by atoms with Gasteiger partial charge in [-0.05, 0) is 65.2 Å². The van der Waals surface area contributed by atoms with Gasteiger partial charge in [0.15, 0.2) is 0 Å². The van der Waals surface area contributed by atoms with E-state index < -0.39 is 11.7 Å². The molecule has 0 spiro atoms. The van der Waals surface area contributed by atoms with Crippen LogP contribution in [-0.2, 0) is 11.2 Å². The molecule has 3 aromatic rings. The molecule has 0 aromatic heterocycles. The number of nitrogens with zero attached hydrogens (tertiary/aromatic N) is 1. The van der Waals surface area contributed by atoms with Crippen LogP contribution in [-0.4, -0.2) is 5.91 Å². The smallest absolute Gasteiger partial charge is 0.266 e. The van der Waals surface area contributed by atoms with Crippen molar-refractivity contribution in [3.8, 4) is 6.07 Å². The van der Waals surface area contributed by atoms with Gasteiger partial charge in [0.2, 0.25) is 0 Å². The van der Waals surface area contributed by atoms with E-state index in [1.807, 2.05) is 6.07 Å². The Morgan fingerprint density at radius 1 is 1.03 bits per heavy atom. The van der Waals surface area contributed by atoms with Gasteiger partial charge in [-0.1, -0.05) is 35.9 Å². The molecule has 3 rings (SSSR count). The highest BCUT2D eigenvalue weighted by molar-refractivity contribution is 6.30. The van der Waals surface area contributed by atoms with E-state index in [-0.39, 0.29) is 17.8 Å². The van der Waals surface area contributed by atoms with Crippen LogP contribution in [0.1, 0.15) is 16.7 Å². The number of rotatable bonds is 5. The lowest BCUT2D eigenvalue weighted by Crippen LogP contribution is -2.13. The Morgan fingerprint density at radius 2 is 1.76 bits per heavy atom. The summed E-state index contributed by atoms with van der Waals surface area (Å²) in [4.78, 5) is 12.5. The standard InChI is InChI=1S/C23H15ClF2N2O/c24-19-6-5-15(11-16-3-1-2-4-22(16)26)17(13-19)12-18(14-27)23(29)28-21-9-7-20(25)8-10-21/h1-10,12-13H,11H2,(H,28,29)/b18-12+. The molecule has 3 aromatic carbocycles. The Labute approximate surface area is 171 Å². The Bertz CT molecular complexity index is 1120. The van der Waals surface area contributed by atoms with Crippen molar-refractivity contribution in [2.75, 3.05) is 5.32 Å². The van der Waals surface area contributed by atoms with Crippen LogP contribution in [0.15, 0.2) is 72.3 Å². The van der Waals surface area contributed by atoms with Gasteiger partial charge in [0.25, 0.3) is 5.91 Å². The maximum atomic E-state index is 14.0. The summed E-state index contributed by atoms with van der Waals surface area (Å²) < 4.78 is 27.0. The van der Waals surface area contributed by atoms with E-state index in [1.165, 1.54) is 36.4 Å². The molecule has 0 aliphatic heterocycles. The van der Waals surface area contributed by atoms with Gasteiger partial charge in [-0.2, -0.15) is 5.26 Å². The summed E-state index contributed by atoms with van der Waals surface area (Å²) in [5.74, 6) is -1.42. The first-order chi connectivity index (χ1) is 14.0. The number of halogens is 3. The molecule has 0 aliphatic rings. The predicted molar refractivity (Wildman–Crippen MR) is 109 cm³/mol. The Balaban J connectivity index is 1.91. The summed E-state index contributed by atoms with van der Waals surface area (Å²) in [5.41, 5.74) is 1.92. The largest absolute Gasteiger partial charge is 0.321 e. The number of hydrogen-bond donors (Lipinski definition) is 1. The summed E-state index contributed by atoms with van der Waals surface area (Å²) in [6.07, 6.45) is 1.68. The summed E-state index contributed by atoms with van der Waals surface area (Å²) >= 11 is 6.08. The van der Waals surface area contributed by atoms with Crippen LogP contribution in [0.3, 0.4) is 0 Å². The first-order valence-electron chi connectivity index (χ1n) is 8.67. The molecule has 0 bridgehead atoms. The molecule has 1 amide bonds. The van der Waals surface area contributed by atoms with Crippen molar-refractivity contribution < 1.29 is 13.6 Å². The summed E-state index contributed by atoms with van der Waals surface area (Å²) in [5, 5.41) is 12.4. The monoisotopic (exact) mass is 408 g/mol. The van der Waals surface area contributed by atoms with Gasteiger partial charge >= 0.3 is 0 Å². The molecule has 29 heavy (non-hydrogen) atoms. The zero-order chi connectivity index (χ0) is 20.8. The highest BCUT2D eigenvalue weighted by atomic mass is 35.5. The molecule has 144 valence electrons. The Kier molecular flexibility index (Phi) is 6.38. The molecule has 0 fully saturated rings.